The number of carbonyl (C=O) groups excluding carboxylic acids is 5. The highest BCUT2D eigenvalue weighted by Gasteiger charge is 2.78. The fourth-order valence-corrected chi connectivity index (χ4v) is 40.6. The molecule has 12 nitrogen and oxygen atoms in total. The first-order valence-electron chi connectivity index (χ1n) is 53.4. The molecule has 688 valence electrons. The van der Waals surface area contributed by atoms with Gasteiger partial charge in [0, 0.05) is 16.7 Å². The van der Waals surface area contributed by atoms with Gasteiger partial charge in [-0.1, -0.05) is 34.6 Å². The van der Waals surface area contributed by atoms with E-state index >= 15 is 0 Å². The quantitative estimate of drug-likeness (QED) is 0.0611. The Balaban J connectivity index is 0.0000000945. The molecule has 0 N–H and O–H groups in total. The maximum atomic E-state index is 13.0. The van der Waals surface area contributed by atoms with Crippen molar-refractivity contribution in [2.75, 3.05) is 0 Å². The summed E-state index contributed by atoms with van der Waals surface area (Å²) in [4.78, 5) is 63.6. The second kappa shape index (κ2) is 29.1. The van der Waals surface area contributed by atoms with Crippen LogP contribution in [-0.2, 0) is 57.1 Å². The van der Waals surface area contributed by atoms with Crippen LogP contribution in [0.3, 0.4) is 0 Å². The van der Waals surface area contributed by atoms with Crippen molar-refractivity contribution in [3.8, 4) is 0 Å². The molecular formula is C111H172O12. The summed E-state index contributed by atoms with van der Waals surface area (Å²) in [6.45, 7) is 45.7. The van der Waals surface area contributed by atoms with Gasteiger partial charge in [-0.05, 0) is 543 Å². The van der Waals surface area contributed by atoms with Gasteiger partial charge in [0.1, 0.15) is 16.8 Å². The van der Waals surface area contributed by atoms with Gasteiger partial charge in [-0.2, -0.15) is 0 Å². The van der Waals surface area contributed by atoms with Crippen molar-refractivity contribution in [1.29, 1.82) is 0 Å². The Hall–Kier alpha value is -2.73. The zero-order valence-corrected chi connectivity index (χ0v) is 81.4. The molecule has 15 atom stereocenters. The third-order valence-electron chi connectivity index (χ3n) is 47.5. The van der Waals surface area contributed by atoms with Gasteiger partial charge in [-0.15, -0.1) is 0 Å². The van der Waals surface area contributed by atoms with Gasteiger partial charge in [-0.3, -0.25) is 24.0 Å². The van der Waals surface area contributed by atoms with E-state index in [-0.39, 0.29) is 84.9 Å². The predicted octanol–water partition coefficient (Wildman–Crippen LogP) is 25.2. The van der Waals surface area contributed by atoms with Crippen LogP contribution in [-0.4, -0.2) is 70.4 Å². The summed E-state index contributed by atoms with van der Waals surface area (Å²) >= 11 is 0. The fraction of sp³-hybridized carbons (Fsp3) is 0.955. The molecule has 35 aliphatic carbocycles. The molecule has 0 aromatic carbocycles. The van der Waals surface area contributed by atoms with Gasteiger partial charge in [0.25, 0.3) is 0 Å². The highest BCUT2D eigenvalue weighted by molar-refractivity contribution is 5.78. The van der Waals surface area contributed by atoms with Crippen molar-refractivity contribution < 1.29 is 57.1 Å². The lowest BCUT2D eigenvalue weighted by Crippen LogP contribution is -2.73. The number of carbonyl (C=O) groups is 5. The van der Waals surface area contributed by atoms with E-state index in [1.165, 1.54) is 186 Å². The maximum Gasteiger partial charge on any atom is 0.313 e. The molecule has 0 aromatic heterocycles. The third-order valence-corrected chi connectivity index (χ3v) is 47.5. The maximum absolute atomic E-state index is 13.0. The van der Waals surface area contributed by atoms with Gasteiger partial charge in [0.05, 0.1) is 38.3 Å². The lowest BCUT2D eigenvalue weighted by molar-refractivity contribution is -0.338. The van der Waals surface area contributed by atoms with Gasteiger partial charge in [0.15, 0.2) is 0 Å². The third kappa shape index (κ3) is 12.9. The first kappa shape index (κ1) is 87.0. The number of hydrogen-bond acceptors (Lipinski definition) is 12. The zero-order chi connectivity index (χ0) is 86.8. The Morgan fingerprint density at radius 1 is 0.293 bits per heavy atom. The van der Waals surface area contributed by atoms with E-state index in [1.807, 2.05) is 96.9 Å². The molecular weight excluding hydrogens is 1530 g/mol. The summed E-state index contributed by atoms with van der Waals surface area (Å²) in [6, 6.07) is 0. The van der Waals surface area contributed by atoms with E-state index < -0.39 is 23.4 Å². The molecule has 35 aliphatic rings. The molecule has 0 aliphatic heterocycles. The van der Waals surface area contributed by atoms with Crippen LogP contribution in [0.5, 0.6) is 0 Å². The van der Waals surface area contributed by atoms with Crippen molar-refractivity contribution in [1.82, 2.24) is 0 Å². The standard InChI is InChI=1S/2C23H36O2.2C22H34O3.C21H32O2/c1-6-21(2,3)20(24)25-22(4,5)23-12-14-8-16-15-7-13(10-18(16)23)11-19(23)17(15)9-14;1-6-21(2,3)20(24)25-22(4,5)23-10-17-14-7-13-8-15(17)19(12-23)16(9-13)18(14)11-23;1-5-21(3,4)20(23)24-12(2)25-22-11-14-7-16-15-6-13(9-18(16)22)10-19(22)17(15)8-14;1-5-21(3,4)20(23)24-12(2)25-22-9-17-14-6-13-7-15(17)19(11-22)16(8-13)18(14)10-22;1-5-20(2,3)19(22)23-21(4)12-9-14-13-6-11-7-16(14)18(21)17(8-11)15(13)10-12/h2*13-19H,6-12H2,1-5H3;2*12-19H,5-11H2,1-4H3;11-18H,5-10H2,1-4H3. The van der Waals surface area contributed by atoms with E-state index in [1.54, 1.807) is 0 Å². The average Bonchev–Trinajstić information content (AvgIpc) is 0.664. The molecule has 40 bridgehead atoms. The molecule has 0 radical (unpaired) electrons. The molecule has 123 heavy (non-hydrogen) atoms. The van der Waals surface area contributed by atoms with Gasteiger partial charge in [0.2, 0.25) is 12.6 Å². The van der Waals surface area contributed by atoms with Crippen molar-refractivity contribution in [2.45, 2.75) is 411 Å². The first-order valence-corrected chi connectivity index (χ1v) is 53.4. The summed E-state index contributed by atoms with van der Waals surface area (Å²) in [5, 5.41) is 0. The van der Waals surface area contributed by atoms with Crippen LogP contribution in [0.25, 0.3) is 0 Å². The molecule has 15 unspecified atom stereocenters. The monoisotopic (exact) mass is 1700 g/mol. The second-order valence-corrected chi connectivity index (χ2v) is 54.8. The summed E-state index contributed by atoms with van der Waals surface area (Å²) < 4.78 is 44.0. The average molecular weight is 1700 g/mol. The van der Waals surface area contributed by atoms with Crippen LogP contribution in [0.15, 0.2) is 0 Å². The second-order valence-electron chi connectivity index (χ2n) is 54.8. The molecule has 35 fully saturated rings. The Kier molecular flexibility index (Phi) is 20.6. The summed E-state index contributed by atoms with van der Waals surface area (Å²) in [7, 11) is 0. The van der Waals surface area contributed by atoms with E-state index in [0.29, 0.717) is 11.8 Å². The molecule has 35 rings (SSSR count). The SMILES string of the molecule is CCC(C)(C)C(=O)OC(C)(C)C12CC3C4CC5CC3C(C1)C(C5)C4C2.CCC(C)(C)C(=O)OC(C)(C)C12CC3CC4C5CC(CC41)CC2C5C3.CCC(C)(C)C(=O)OC(C)OC12CC3C4CC5CC3C(C1)C(C5)C4C2.CCC(C)(C)C(=O)OC(C)OC12CC3CC4C5CC(CC41)CC2C5C3.CCC(C)(C)C(=O)OC1(C)C2CC3C4CC5CC3C1C(C5)C4C2. The van der Waals surface area contributed by atoms with Crippen molar-refractivity contribution >= 4 is 29.8 Å². The smallest absolute Gasteiger partial charge is 0.313 e. The molecule has 0 aromatic rings. The van der Waals surface area contributed by atoms with E-state index in [4.69, 9.17) is 33.2 Å². The molecule has 0 spiro atoms. The first-order chi connectivity index (χ1) is 57.9. The van der Waals surface area contributed by atoms with Crippen LogP contribution < -0.4 is 0 Å². The minimum atomic E-state index is -0.420. The lowest BCUT2D eigenvalue weighted by atomic mass is 9.28. The van der Waals surface area contributed by atoms with Crippen LogP contribution in [0.1, 0.15) is 371 Å². The molecule has 35 saturated carbocycles. The highest BCUT2D eigenvalue weighted by Crippen LogP contribution is 2.82. The van der Waals surface area contributed by atoms with Gasteiger partial charge in [-0.25, -0.2) is 0 Å². The van der Waals surface area contributed by atoms with E-state index in [9.17, 15) is 24.0 Å². The molecule has 12 heteroatoms. The minimum absolute atomic E-state index is 0.00370. The van der Waals surface area contributed by atoms with Crippen molar-refractivity contribution in [2.24, 2.45) is 251 Å². The lowest BCUT2D eigenvalue weighted by Gasteiger charge is -2.77. The number of ether oxygens (including phenoxy) is 7. The summed E-state index contributed by atoms with van der Waals surface area (Å²) in [5.74, 6) is 33.2. The predicted molar refractivity (Wildman–Crippen MR) is 478 cm³/mol. The van der Waals surface area contributed by atoms with E-state index in [2.05, 4.69) is 55.4 Å². The Bertz CT molecular complexity index is 3900. The van der Waals surface area contributed by atoms with Crippen LogP contribution in [0, 0.1) is 251 Å². The molecule has 0 amide bonds. The topological polar surface area (TPSA) is 150 Å². The highest BCUT2D eigenvalue weighted by atomic mass is 16.7. The van der Waals surface area contributed by atoms with Gasteiger partial charge >= 0.3 is 29.8 Å². The number of hydrogen-bond donors (Lipinski definition) is 0. The summed E-state index contributed by atoms with van der Waals surface area (Å²) in [5.41, 5.74) is -2.14. The largest absolute Gasteiger partial charge is 0.459 e. The Labute approximate surface area is 744 Å². The number of esters is 5. The minimum Gasteiger partial charge on any atom is -0.459 e. The van der Waals surface area contributed by atoms with Crippen LogP contribution >= 0.6 is 0 Å². The zero-order valence-electron chi connectivity index (χ0n) is 81.4. The van der Waals surface area contributed by atoms with Gasteiger partial charge < -0.3 is 33.2 Å². The Morgan fingerprint density at radius 3 is 0.967 bits per heavy atom. The Morgan fingerprint density at radius 2 is 0.577 bits per heavy atom. The van der Waals surface area contributed by atoms with Crippen LogP contribution in [0.2, 0.25) is 0 Å². The molecule has 0 saturated heterocycles. The normalized spacial score (nSPS) is 51.0. The molecule has 0 heterocycles. The van der Waals surface area contributed by atoms with Crippen LogP contribution in [0.4, 0.5) is 0 Å². The van der Waals surface area contributed by atoms with Crippen molar-refractivity contribution in [3.05, 3.63) is 0 Å². The van der Waals surface area contributed by atoms with E-state index in [0.717, 1.165) is 233 Å². The fourth-order valence-electron chi connectivity index (χ4n) is 40.6. The van der Waals surface area contributed by atoms with Crippen molar-refractivity contribution in [3.63, 3.8) is 0 Å². The summed E-state index contributed by atoms with van der Waals surface area (Å²) in [6.07, 6.45) is 44.2. The number of rotatable bonds is 21.